The number of anilines is 1. The summed E-state index contributed by atoms with van der Waals surface area (Å²) in [7, 11) is -3.73. The number of nitrogens with zero attached hydrogens (tertiary/aromatic N) is 1. The minimum atomic E-state index is -3.73. The molecule has 1 rings (SSSR count). The van der Waals surface area contributed by atoms with E-state index in [0.717, 1.165) is 6.20 Å². The highest BCUT2D eigenvalue weighted by molar-refractivity contribution is 7.89. The summed E-state index contributed by atoms with van der Waals surface area (Å²) >= 11 is 0. The molecule has 0 aliphatic carbocycles. The maximum absolute atomic E-state index is 11.8. The fourth-order valence-corrected chi connectivity index (χ4v) is 2.45. The van der Waals surface area contributed by atoms with Crippen LogP contribution in [0.1, 0.15) is 26.7 Å². The molecule has 7 nitrogen and oxygen atoms in total. The first-order valence-electron chi connectivity index (χ1n) is 5.35. The number of H-pyrrole nitrogens is 1. The van der Waals surface area contributed by atoms with Gasteiger partial charge in [0.25, 0.3) is 0 Å². The second-order valence-electron chi connectivity index (χ2n) is 3.90. The van der Waals surface area contributed by atoms with Crippen LogP contribution in [0.3, 0.4) is 0 Å². The van der Waals surface area contributed by atoms with Crippen molar-refractivity contribution in [3.63, 3.8) is 0 Å². The van der Waals surface area contributed by atoms with Crippen molar-refractivity contribution in [3.8, 4) is 0 Å². The first-order valence-corrected chi connectivity index (χ1v) is 6.84. The lowest BCUT2D eigenvalue weighted by Crippen LogP contribution is -2.42. The van der Waals surface area contributed by atoms with E-state index in [1.54, 1.807) is 13.8 Å². The lowest BCUT2D eigenvalue weighted by Gasteiger charge is -2.25. The number of aromatic amines is 1. The minimum Gasteiger partial charge on any atom is -0.389 e. The molecule has 5 N–H and O–H groups in total. The zero-order valence-corrected chi connectivity index (χ0v) is 10.7. The number of rotatable bonds is 6. The van der Waals surface area contributed by atoms with E-state index in [2.05, 4.69) is 14.9 Å². The standard InChI is InChI=1S/C9H18N4O3S/c1-3-9(14,4-2)6-12-17(15,16)7-5-11-13-8(7)10/h5,12,14H,3-4,6H2,1-2H3,(H3,10,11,13). The lowest BCUT2D eigenvalue weighted by atomic mass is 9.98. The molecule has 0 atom stereocenters. The summed E-state index contributed by atoms with van der Waals surface area (Å²) < 4.78 is 26.0. The molecular formula is C9H18N4O3S. The summed E-state index contributed by atoms with van der Waals surface area (Å²) in [6.07, 6.45) is 2.06. The van der Waals surface area contributed by atoms with E-state index >= 15 is 0 Å². The summed E-state index contributed by atoms with van der Waals surface area (Å²) in [6.45, 7) is 3.54. The summed E-state index contributed by atoms with van der Waals surface area (Å²) in [6, 6.07) is 0. The van der Waals surface area contributed by atoms with Gasteiger partial charge in [0.05, 0.1) is 11.8 Å². The Labute approximate surface area is 100 Å². The molecule has 1 heterocycles. The van der Waals surface area contributed by atoms with Gasteiger partial charge in [-0.3, -0.25) is 5.10 Å². The van der Waals surface area contributed by atoms with E-state index in [1.165, 1.54) is 0 Å². The molecule has 0 amide bonds. The van der Waals surface area contributed by atoms with Crippen LogP contribution in [-0.2, 0) is 10.0 Å². The van der Waals surface area contributed by atoms with Gasteiger partial charge < -0.3 is 10.8 Å². The van der Waals surface area contributed by atoms with E-state index in [4.69, 9.17) is 5.73 Å². The molecule has 0 saturated heterocycles. The Kier molecular flexibility index (Phi) is 4.12. The largest absolute Gasteiger partial charge is 0.389 e. The first kappa shape index (κ1) is 13.9. The Morgan fingerprint density at radius 2 is 2.12 bits per heavy atom. The normalized spacial score (nSPS) is 12.9. The van der Waals surface area contributed by atoms with Crippen LogP contribution in [0, 0.1) is 0 Å². The van der Waals surface area contributed by atoms with Gasteiger partial charge in [-0.05, 0) is 12.8 Å². The summed E-state index contributed by atoms with van der Waals surface area (Å²) in [4.78, 5) is -0.105. The number of nitrogen functional groups attached to an aromatic ring is 1. The van der Waals surface area contributed by atoms with Crippen LogP contribution in [0.25, 0.3) is 0 Å². The van der Waals surface area contributed by atoms with Crippen LogP contribution in [0.4, 0.5) is 5.82 Å². The van der Waals surface area contributed by atoms with E-state index in [9.17, 15) is 13.5 Å². The van der Waals surface area contributed by atoms with Crippen molar-refractivity contribution in [1.82, 2.24) is 14.9 Å². The van der Waals surface area contributed by atoms with Crippen LogP contribution in [0.2, 0.25) is 0 Å². The van der Waals surface area contributed by atoms with Crippen LogP contribution in [0.15, 0.2) is 11.1 Å². The predicted octanol–water partition coefficient (Wildman–Crippen LogP) is -0.179. The molecule has 0 aliphatic heterocycles. The van der Waals surface area contributed by atoms with Crippen molar-refractivity contribution in [2.45, 2.75) is 37.2 Å². The van der Waals surface area contributed by atoms with Gasteiger partial charge in [0, 0.05) is 6.54 Å². The Morgan fingerprint density at radius 1 is 1.53 bits per heavy atom. The van der Waals surface area contributed by atoms with E-state index in [0.29, 0.717) is 12.8 Å². The maximum Gasteiger partial charge on any atom is 0.245 e. The van der Waals surface area contributed by atoms with Crippen molar-refractivity contribution in [2.24, 2.45) is 0 Å². The maximum atomic E-state index is 11.8. The van der Waals surface area contributed by atoms with Gasteiger partial charge in [-0.15, -0.1) is 0 Å². The Morgan fingerprint density at radius 3 is 2.53 bits per heavy atom. The highest BCUT2D eigenvalue weighted by Crippen LogP contribution is 2.17. The number of sulfonamides is 1. The SMILES string of the molecule is CCC(O)(CC)CNS(=O)(=O)c1cn[nH]c1N. The molecule has 1 aromatic rings. The second-order valence-corrected chi connectivity index (χ2v) is 5.64. The topological polar surface area (TPSA) is 121 Å². The molecule has 1 aromatic heterocycles. The second kappa shape index (κ2) is 5.03. The Hall–Kier alpha value is -1.12. The van der Waals surface area contributed by atoms with Gasteiger partial charge in [0.15, 0.2) is 0 Å². The number of hydrogen-bond acceptors (Lipinski definition) is 5. The molecule has 0 saturated carbocycles. The third-order valence-corrected chi connectivity index (χ3v) is 4.26. The third-order valence-electron chi connectivity index (χ3n) is 2.83. The average molecular weight is 262 g/mol. The summed E-state index contributed by atoms with van der Waals surface area (Å²) in [5.74, 6) is -0.0194. The number of hydrogen-bond donors (Lipinski definition) is 4. The van der Waals surface area contributed by atoms with Crippen molar-refractivity contribution in [2.75, 3.05) is 12.3 Å². The fraction of sp³-hybridized carbons (Fsp3) is 0.667. The molecule has 0 unspecified atom stereocenters. The van der Waals surface area contributed by atoms with E-state index in [1.807, 2.05) is 0 Å². The van der Waals surface area contributed by atoms with Crippen LogP contribution < -0.4 is 10.5 Å². The smallest absolute Gasteiger partial charge is 0.245 e. The molecule has 0 aromatic carbocycles. The van der Waals surface area contributed by atoms with Gasteiger partial charge in [-0.2, -0.15) is 5.10 Å². The highest BCUT2D eigenvalue weighted by atomic mass is 32.2. The van der Waals surface area contributed by atoms with Crippen molar-refractivity contribution in [3.05, 3.63) is 6.20 Å². The van der Waals surface area contributed by atoms with Gasteiger partial charge in [0.1, 0.15) is 10.7 Å². The quantitative estimate of drug-likeness (QED) is 0.566. The molecule has 0 spiro atoms. The van der Waals surface area contributed by atoms with Gasteiger partial charge in [-0.25, -0.2) is 13.1 Å². The number of nitrogens with one attached hydrogen (secondary N) is 2. The highest BCUT2D eigenvalue weighted by Gasteiger charge is 2.27. The Balaban J connectivity index is 2.79. The molecular weight excluding hydrogens is 244 g/mol. The van der Waals surface area contributed by atoms with Crippen LogP contribution in [-0.4, -0.2) is 35.9 Å². The fourth-order valence-electron chi connectivity index (χ4n) is 1.31. The van der Waals surface area contributed by atoms with Gasteiger partial charge in [0.2, 0.25) is 10.0 Å². The average Bonchev–Trinajstić information content (AvgIpc) is 2.73. The van der Waals surface area contributed by atoms with Gasteiger partial charge >= 0.3 is 0 Å². The van der Waals surface area contributed by atoms with Crippen LogP contribution >= 0.6 is 0 Å². The molecule has 0 bridgehead atoms. The lowest BCUT2D eigenvalue weighted by molar-refractivity contribution is 0.0377. The zero-order valence-electron chi connectivity index (χ0n) is 9.90. The summed E-state index contributed by atoms with van der Waals surface area (Å²) in [5.41, 5.74) is 4.40. The van der Waals surface area contributed by atoms with Gasteiger partial charge in [-0.1, -0.05) is 13.8 Å². The first-order chi connectivity index (χ1) is 7.84. The molecule has 98 valence electrons. The molecule has 0 fully saturated rings. The minimum absolute atomic E-state index is 0.0194. The van der Waals surface area contributed by atoms with E-state index in [-0.39, 0.29) is 17.3 Å². The number of aromatic nitrogens is 2. The molecule has 0 aliphatic rings. The van der Waals surface area contributed by atoms with E-state index < -0.39 is 15.6 Å². The molecule has 0 radical (unpaired) electrons. The predicted molar refractivity (Wildman–Crippen MR) is 63.7 cm³/mol. The number of nitrogens with two attached hydrogens (primary N) is 1. The zero-order chi connectivity index (χ0) is 13.1. The summed E-state index contributed by atoms with van der Waals surface area (Å²) in [5, 5.41) is 15.9. The Bertz CT molecular complexity index is 464. The third kappa shape index (κ3) is 3.18. The monoisotopic (exact) mass is 262 g/mol. The van der Waals surface area contributed by atoms with Crippen molar-refractivity contribution >= 4 is 15.8 Å². The van der Waals surface area contributed by atoms with Crippen molar-refractivity contribution < 1.29 is 13.5 Å². The van der Waals surface area contributed by atoms with Crippen molar-refractivity contribution in [1.29, 1.82) is 0 Å². The van der Waals surface area contributed by atoms with Crippen LogP contribution in [0.5, 0.6) is 0 Å². The number of aliphatic hydroxyl groups is 1. The molecule has 17 heavy (non-hydrogen) atoms. The molecule has 8 heteroatoms.